The Kier molecular flexibility index (Phi) is 7.06. The summed E-state index contributed by atoms with van der Waals surface area (Å²) in [5.41, 5.74) is 1.77. The maximum Gasteiger partial charge on any atom is 0.136 e. The first-order chi connectivity index (χ1) is 9.60. The highest BCUT2D eigenvalue weighted by Crippen LogP contribution is 2.19. The first-order valence-corrected chi connectivity index (χ1v) is 7.04. The quantitative estimate of drug-likeness (QED) is 0.730. The Balaban J connectivity index is 2.63. The molecule has 4 heteroatoms. The van der Waals surface area contributed by atoms with Gasteiger partial charge in [0.1, 0.15) is 11.8 Å². The maximum atomic E-state index is 9.12. The fourth-order valence-corrected chi connectivity index (χ4v) is 2.16. The van der Waals surface area contributed by atoms with Crippen LogP contribution in [0.4, 0.5) is 0 Å². The van der Waals surface area contributed by atoms with Gasteiger partial charge in [0.25, 0.3) is 0 Å². The van der Waals surface area contributed by atoms with Crippen LogP contribution in [0.25, 0.3) is 0 Å². The molecule has 0 saturated carbocycles. The van der Waals surface area contributed by atoms with Crippen LogP contribution in [-0.4, -0.2) is 50.6 Å². The number of nitriles is 1. The van der Waals surface area contributed by atoms with Crippen LogP contribution in [0.2, 0.25) is 0 Å². The number of rotatable bonds is 8. The van der Waals surface area contributed by atoms with Gasteiger partial charge in [-0.15, -0.1) is 0 Å². The van der Waals surface area contributed by atoms with Crippen LogP contribution in [-0.2, 0) is 6.54 Å². The van der Waals surface area contributed by atoms with Gasteiger partial charge in [-0.1, -0.05) is 13.0 Å². The van der Waals surface area contributed by atoms with Crippen molar-refractivity contribution < 1.29 is 4.74 Å². The lowest BCUT2D eigenvalue weighted by Crippen LogP contribution is -2.26. The molecule has 0 aliphatic carbocycles. The summed E-state index contributed by atoms with van der Waals surface area (Å²) in [7, 11) is 5.79. The monoisotopic (exact) mass is 275 g/mol. The molecular formula is C16H25N3O. The molecular weight excluding hydrogens is 250 g/mol. The van der Waals surface area contributed by atoms with Crippen LogP contribution < -0.4 is 4.74 Å². The third-order valence-corrected chi connectivity index (χ3v) is 3.32. The molecule has 0 radical (unpaired) electrons. The Bertz CT molecular complexity index is 452. The lowest BCUT2D eigenvalue weighted by Gasteiger charge is -2.21. The van der Waals surface area contributed by atoms with Crippen LogP contribution in [0, 0.1) is 11.3 Å². The number of hydrogen-bond donors (Lipinski definition) is 0. The van der Waals surface area contributed by atoms with E-state index < -0.39 is 0 Å². The molecule has 0 unspecified atom stereocenters. The third kappa shape index (κ3) is 5.20. The Labute approximate surface area is 122 Å². The lowest BCUT2D eigenvalue weighted by atomic mass is 10.1. The molecule has 0 atom stereocenters. The second-order valence-electron chi connectivity index (χ2n) is 5.17. The molecule has 0 saturated heterocycles. The van der Waals surface area contributed by atoms with Crippen molar-refractivity contribution in [2.45, 2.75) is 19.9 Å². The second-order valence-corrected chi connectivity index (χ2v) is 5.17. The largest absolute Gasteiger partial charge is 0.495 e. The molecule has 0 spiro atoms. The summed E-state index contributed by atoms with van der Waals surface area (Å²) >= 11 is 0. The average Bonchev–Trinajstić information content (AvgIpc) is 2.45. The average molecular weight is 275 g/mol. The summed E-state index contributed by atoms with van der Waals surface area (Å²) in [5.74, 6) is 0.645. The molecule has 0 aromatic heterocycles. The highest BCUT2D eigenvalue weighted by molar-refractivity contribution is 5.45. The van der Waals surface area contributed by atoms with Crippen molar-refractivity contribution in [1.29, 1.82) is 5.26 Å². The van der Waals surface area contributed by atoms with E-state index in [1.54, 1.807) is 7.11 Å². The standard InChI is InChI=1S/C16H25N3O/c1-5-19(10-6-9-18(2)3)13-14-7-8-16(20-4)15(11-14)12-17/h7-8,11H,5-6,9-10,13H2,1-4H3. The number of methoxy groups -OCH3 is 1. The molecule has 0 aliphatic rings. The van der Waals surface area contributed by atoms with Gasteiger partial charge in [0.2, 0.25) is 0 Å². The van der Waals surface area contributed by atoms with Crippen molar-refractivity contribution in [3.8, 4) is 11.8 Å². The Morgan fingerprint density at radius 1 is 1.25 bits per heavy atom. The van der Waals surface area contributed by atoms with Gasteiger partial charge < -0.3 is 9.64 Å². The first-order valence-electron chi connectivity index (χ1n) is 7.04. The van der Waals surface area contributed by atoms with Gasteiger partial charge in [0, 0.05) is 6.54 Å². The SMILES string of the molecule is CCN(CCCN(C)C)Cc1ccc(OC)c(C#N)c1. The Hall–Kier alpha value is -1.57. The van der Waals surface area contributed by atoms with E-state index in [9.17, 15) is 0 Å². The zero-order chi connectivity index (χ0) is 15.0. The molecule has 20 heavy (non-hydrogen) atoms. The minimum Gasteiger partial charge on any atom is -0.495 e. The molecule has 110 valence electrons. The van der Waals surface area contributed by atoms with Gasteiger partial charge in [-0.25, -0.2) is 0 Å². The fraction of sp³-hybridized carbons (Fsp3) is 0.562. The molecule has 0 N–H and O–H groups in total. The summed E-state index contributed by atoms with van der Waals surface area (Å²) in [6.07, 6.45) is 1.15. The van der Waals surface area contributed by atoms with Crippen molar-refractivity contribution in [3.63, 3.8) is 0 Å². The predicted octanol–water partition coefficient (Wildman–Crippen LogP) is 2.34. The predicted molar refractivity (Wildman–Crippen MR) is 81.8 cm³/mol. The zero-order valence-electron chi connectivity index (χ0n) is 13.0. The van der Waals surface area contributed by atoms with E-state index in [2.05, 4.69) is 36.9 Å². The zero-order valence-corrected chi connectivity index (χ0v) is 13.0. The molecule has 1 aromatic carbocycles. The summed E-state index contributed by atoms with van der Waals surface area (Å²) in [5, 5.41) is 9.12. The first kappa shape index (κ1) is 16.5. The molecule has 0 fully saturated rings. The van der Waals surface area contributed by atoms with Crippen LogP contribution in [0.1, 0.15) is 24.5 Å². The van der Waals surface area contributed by atoms with Gasteiger partial charge in [-0.3, -0.25) is 4.90 Å². The van der Waals surface area contributed by atoms with Gasteiger partial charge in [-0.05, 0) is 57.8 Å². The smallest absolute Gasteiger partial charge is 0.136 e. The molecule has 0 bridgehead atoms. The normalized spacial score (nSPS) is 10.8. The molecule has 0 amide bonds. The van der Waals surface area contributed by atoms with E-state index >= 15 is 0 Å². The van der Waals surface area contributed by atoms with Crippen LogP contribution in [0.3, 0.4) is 0 Å². The van der Waals surface area contributed by atoms with Crippen molar-refractivity contribution >= 4 is 0 Å². The highest BCUT2D eigenvalue weighted by Gasteiger charge is 2.07. The maximum absolute atomic E-state index is 9.12. The number of hydrogen-bond acceptors (Lipinski definition) is 4. The molecule has 0 aliphatic heterocycles. The van der Waals surface area contributed by atoms with Gasteiger partial charge >= 0.3 is 0 Å². The van der Waals surface area contributed by atoms with Crippen molar-refractivity contribution in [3.05, 3.63) is 29.3 Å². The summed E-state index contributed by atoms with van der Waals surface area (Å²) in [4.78, 5) is 4.60. The second kappa shape index (κ2) is 8.57. The van der Waals surface area contributed by atoms with Crippen LogP contribution in [0.15, 0.2) is 18.2 Å². The van der Waals surface area contributed by atoms with Crippen molar-refractivity contribution in [2.75, 3.05) is 40.8 Å². The summed E-state index contributed by atoms with van der Waals surface area (Å²) in [6.45, 7) is 6.24. The Morgan fingerprint density at radius 2 is 2.00 bits per heavy atom. The number of nitrogens with zero attached hydrogens (tertiary/aromatic N) is 3. The van der Waals surface area contributed by atoms with E-state index in [0.717, 1.165) is 38.2 Å². The minimum absolute atomic E-state index is 0.606. The lowest BCUT2D eigenvalue weighted by molar-refractivity contribution is 0.259. The topological polar surface area (TPSA) is 39.5 Å². The van der Waals surface area contributed by atoms with E-state index in [1.807, 2.05) is 18.2 Å². The van der Waals surface area contributed by atoms with Crippen molar-refractivity contribution in [2.24, 2.45) is 0 Å². The van der Waals surface area contributed by atoms with Crippen LogP contribution in [0.5, 0.6) is 5.75 Å². The third-order valence-electron chi connectivity index (χ3n) is 3.32. The van der Waals surface area contributed by atoms with E-state index in [0.29, 0.717) is 11.3 Å². The highest BCUT2D eigenvalue weighted by atomic mass is 16.5. The van der Waals surface area contributed by atoms with Crippen molar-refractivity contribution in [1.82, 2.24) is 9.80 Å². The van der Waals surface area contributed by atoms with Gasteiger partial charge in [0.05, 0.1) is 12.7 Å². The Morgan fingerprint density at radius 3 is 2.55 bits per heavy atom. The molecule has 0 heterocycles. The van der Waals surface area contributed by atoms with E-state index in [4.69, 9.17) is 10.00 Å². The molecule has 1 rings (SSSR count). The number of benzene rings is 1. The molecule has 1 aromatic rings. The van der Waals surface area contributed by atoms with Crippen LogP contribution >= 0.6 is 0 Å². The minimum atomic E-state index is 0.606. The summed E-state index contributed by atoms with van der Waals surface area (Å²) in [6, 6.07) is 8.02. The van der Waals surface area contributed by atoms with E-state index in [-0.39, 0.29) is 0 Å². The van der Waals surface area contributed by atoms with Gasteiger partial charge in [0.15, 0.2) is 0 Å². The fourth-order valence-electron chi connectivity index (χ4n) is 2.16. The summed E-state index contributed by atoms with van der Waals surface area (Å²) < 4.78 is 5.17. The molecule has 4 nitrogen and oxygen atoms in total. The van der Waals surface area contributed by atoms with E-state index in [1.165, 1.54) is 0 Å². The number of ether oxygens (including phenoxy) is 1. The van der Waals surface area contributed by atoms with Gasteiger partial charge in [-0.2, -0.15) is 5.26 Å².